The number of ether oxygens (including phenoxy) is 1. The summed E-state index contributed by atoms with van der Waals surface area (Å²) >= 11 is 0. The number of carbonyl (C=O) groups is 1. The van der Waals surface area contributed by atoms with E-state index in [1.54, 1.807) is 30.1 Å². The van der Waals surface area contributed by atoms with Gasteiger partial charge in [0.15, 0.2) is 0 Å². The third-order valence-electron chi connectivity index (χ3n) is 5.58. The van der Waals surface area contributed by atoms with Gasteiger partial charge in [-0.3, -0.25) is 9.69 Å². The lowest BCUT2D eigenvalue weighted by molar-refractivity contribution is 0.0638. The molecule has 1 amide bonds. The Bertz CT molecular complexity index is 1040. The Hall–Kier alpha value is -3.19. The fraction of sp³-hybridized carbons (Fsp3) is 0.333. The number of halogens is 1. The summed E-state index contributed by atoms with van der Waals surface area (Å²) in [5.41, 5.74) is 2.61. The van der Waals surface area contributed by atoms with E-state index in [4.69, 9.17) is 9.84 Å². The number of carbonyl (C=O) groups excluding carboxylic acids is 1. The lowest BCUT2D eigenvalue weighted by Gasteiger charge is -2.34. The summed E-state index contributed by atoms with van der Waals surface area (Å²) in [7, 11) is 1.61. The molecule has 3 aromatic rings. The standard InChI is InChI=1S/C24H27FN4O2/c1-3-11-27-12-14-28(15-13-27)24(30)22-17-29(20-9-7-19(25)8-10-20)26-23(22)18-5-4-6-21(16-18)31-2/h4-10,16-17H,3,11-15H2,1-2H3. The number of hydrogen-bond acceptors (Lipinski definition) is 4. The molecule has 162 valence electrons. The quantitative estimate of drug-likeness (QED) is 0.605. The van der Waals surface area contributed by atoms with E-state index in [-0.39, 0.29) is 11.7 Å². The van der Waals surface area contributed by atoms with Crippen molar-refractivity contribution in [2.75, 3.05) is 39.8 Å². The van der Waals surface area contributed by atoms with Crippen LogP contribution in [0.15, 0.2) is 54.7 Å². The first-order chi connectivity index (χ1) is 15.1. The van der Waals surface area contributed by atoms with Crippen LogP contribution in [0.25, 0.3) is 16.9 Å². The van der Waals surface area contributed by atoms with Crippen molar-refractivity contribution in [3.63, 3.8) is 0 Å². The van der Waals surface area contributed by atoms with E-state index in [1.807, 2.05) is 29.2 Å². The van der Waals surface area contributed by atoms with E-state index in [1.165, 1.54) is 12.1 Å². The summed E-state index contributed by atoms with van der Waals surface area (Å²) in [6, 6.07) is 13.6. The highest BCUT2D eigenvalue weighted by atomic mass is 19.1. The van der Waals surface area contributed by atoms with Crippen LogP contribution in [0.4, 0.5) is 4.39 Å². The van der Waals surface area contributed by atoms with Crippen molar-refractivity contribution in [3.8, 4) is 22.7 Å². The third-order valence-corrected chi connectivity index (χ3v) is 5.58. The fourth-order valence-corrected chi connectivity index (χ4v) is 3.90. The van der Waals surface area contributed by atoms with Gasteiger partial charge in [-0.1, -0.05) is 19.1 Å². The maximum Gasteiger partial charge on any atom is 0.257 e. The van der Waals surface area contributed by atoms with Crippen molar-refractivity contribution in [1.29, 1.82) is 0 Å². The molecule has 1 saturated heterocycles. The maximum absolute atomic E-state index is 13.5. The molecule has 0 atom stereocenters. The molecule has 0 saturated carbocycles. The van der Waals surface area contributed by atoms with Gasteiger partial charge in [-0.25, -0.2) is 9.07 Å². The molecular formula is C24H27FN4O2. The average molecular weight is 423 g/mol. The van der Waals surface area contributed by atoms with Crippen molar-refractivity contribution in [3.05, 3.63) is 66.1 Å². The second kappa shape index (κ2) is 9.31. The molecule has 0 bridgehead atoms. The monoisotopic (exact) mass is 422 g/mol. The molecule has 31 heavy (non-hydrogen) atoms. The zero-order valence-corrected chi connectivity index (χ0v) is 17.9. The Morgan fingerprint density at radius 2 is 1.84 bits per heavy atom. The highest BCUT2D eigenvalue weighted by Crippen LogP contribution is 2.28. The molecule has 2 aromatic carbocycles. The van der Waals surface area contributed by atoms with E-state index in [0.717, 1.165) is 31.6 Å². The summed E-state index contributed by atoms with van der Waals surface area (Å²) in [5, 5.41) is 4.70. The van der Waals surface area contributed by atoms with Crippen molar-refractivity contribution in [2.24, 2.45) is 0 Å². The van der Waals surface area contributed by atoms with Gasteiger partial charge >= 0.3 is 0 Å². The van der Waals surface area contributed by atoms with E-state index >= 15 is 0 Å². The Kier molecular flexibility index (Phi) is 6.32. The van der Waals surface area contributed by atoms with Gasteiger partial charge in [0.05, 0.1) is 18.4 Å². The molecule has 4 rings (SSSR count). The van der Waals surface area contributed by atoms with Crippen molar-refractivity contribution in [2.45, 2.75) is 13.3 Å². The van der Waals surface area contributed by atoms with Crippen LogP contribution in [0.2, 0.25) is 0 Å². The van der Waals surface area contributed by atoms with E-state index in [0.29, 0.717) is 35.8 Å². The predicted octanol–water partition coefficient (Wildman–Crippen LogP) is 3.85. The number of piperazine rings is 1. The number of benzene rings is 2. The number of amides is 1. The first-order valence-corrected chi connectivity index (χ1v) is 10.6. The molecule has 2 heterocycles. The number of nitrogens with zero attached hydrogens (tertiary/aromatic N) is 4. The molecule has 0 unspecified atom stereocenters. The molecule has 1 aliphatic heterocycles. The number of methoxy groups -OCH3 is 1. The van der Waals surface area contributed by atoms with Crippen LogP contribution < -0.4 is 4.74 Å². The van der Waals surface area contributed by atoms with E-state index in [9.17, 15) is 9.18 Å². The predicted molar refractivity (Wildman–Crippen MR) is 118 cm³/mol. The smallest absolute Gasteiger partial charge is 0.257 e. The van der Waals surface area contributed by atoms with Crippen molar-refractivity contribution in [1.82, 2.24) is 19.6 Å². The molecule has 0 N–H and O–H groups in total. The van der Waals surface area contributed by atoms with Crippen molar-refractivity contribution >= 4 is 5.91 Å². The van der Waals surface area contributed by atoms with Crippen LogP contribution in [0.5, 0.6) is 5.75 Å². The van der Waals surface area contributed by atoms with Gasteiger partial charge in [0.2, 0.25) is 0 Å². The number of aromatic nitrogens is 2. The minimum Gasteiger partial charge on any atom is -0.497 e. The summed E-state index contributed by atoms with van der Waals surface area (Å²) in [6.07, 6.45) is 2.85. The molecule has 0 radical (unpaired) electrons. The van der Waals surface area contributed by atoms with Crippen LogP contribution in [0, 0.1) is 5.82 Å². The normalized spacial score (nSPS) is 14.6. The SMILES string of the molecule is CCCN1CCN(C(=O)c2cn(-c3ccc(F)cc3)nc2-c2cccc(OC)c2)CC1. The highest BCUT2D eigenvalue weighted by molar-refractivity contribution is 6.00. The Labute approximate surface area is 181 Å². The molecule has 0 aliphatic carbocycles. The molecule has 1 aromatic heterocycles. The van der Waals surface area contributed by atoms with Crippen LogP contribution >= 0.6 is 0 Å². The second-order valence-corrected chi connectivity index (χ2v) is 7.68. The first-order valence-electron chi connectivity index (χ1n) is 10.6. The molecule has 7 heteroatoms. The first kappa shape index (κ1) is 21.1. The second-order valence-electron chi connectivity index (χ2n) is 7.68. The van der Waals surface area contributed by atoms with Crippen LogP contribution in [0.3, 0.4) is 0 Å². The Morgan fingerprint density at radius 1 is 1.10 bits per heavy atom. The topological polar surface area (TPSA) is 50.6 Å². The van der Waals surface area contributed by atoms with Gasteiger partial charge < -0.3 is 9.64 Å². The molecule has 1 aliphatic rings. The van der Waals surface area contributed by atoms with Gasteiger partial charge in [0.25, 0.3) is 5.91 Å². The maximum atomic E-state index is 13.5. The Balaban J connectivity index is 1.69. The van der Waals surface area contributed by atoms with Gasteiger partial charge in [0.1, 0.15) is 17.3 Å². The zero-order valence-electron chi connectivity index (χ0n) is 17.9. The third kappa shape index (κ3) is 4.61. The van der Waals surface area contributed by atoms with Crippen LogP contribution in [0.1, 0.15) is 23.7 Å². The minimum atomic E-state index is -0.315. The van der Waals surface area contributed by atoms with Gasteiger partial charge in [-0.15, -0.1) is 0 Å². The number of hydrogen-bond donors (Lipinski definition) is 0. The minimum absolute atomic E-state index is 0.0395. The van der Waals surface area contributed by atoms with Gasteiger partial charge in [-0.2, -0.15) is 5.10 Å². The Morgan fingerprint density at radius 3 is 2.52 bits per heavy atom. The average Bonchev–Trinajstić information content (AvgIpc) is 3.25. The zero-order chi connectivity index (χ0) is 21.8. The van der Waals surface area contributed by atoms with Crippen LogP contribution in [-0.2, 0) is 0 Å². The van der Waals surface area contributed by atoms with Crippen molar-refractivity contribution < 1.29 is 13.9 Å². The summed E-state index contributed by atoms with van der Waals surface area (Å²) < 4.78 is 20.4. The highest BCUT2D eigenvalue weighted by Gasteiger charge is 2.26. The van der Waals surface area contributed by atoms with Gasteiger partial charge in [0, 0.05) is 37.9 Å². The molecular weight excluding hydrogens is 395 g/mol. The number of rotatable bonds is 6. The molecule has 1 fully saturated rings. The largest absolute Gasteiger partial charge is 0.497 e. The fourth-order valence-electron chi connectivity index (χ4n) is 3.90. The summed E-state index contributed by atoms with van der Waals surface area (Å²) in [5.74, 6) is 0.341. The lowest BCUT2D eigenvalue weighted by atomic mass is 10.1. The lowest BCUT2D eigenvalue weighted by Crippen LogP contribution is -2.48. The van der Waals surface area contributed by atoms with Crippen LogP contribution in [-0.4, -0.2) is 65.3 Å². The van der Waals surface area contributed by atoms with Gasteiger partial charge in [-0.05, 0) is 49.4 Å². The van der Waals surface area contributed by atoms with E-state index < -0.39 is 0 Å². The summed E-state index contributed by atoms with van der Waals surface area (Å²) in [6.45, 7) is 6.36. The van der Waals surface area contributed by atoms with E-state index in [2.05, 4.69) is 11.8 Å². The molecule has 0 spiro atoms. The summed E-state index contributed by atoms with van der Waals surface area (Å²) in [4.78, 5) is 17.7. The molecule has 6 nitrogen and oxygen atoms in total.